The Labute approximate surface area is 133 Å². The van der Waals surface area contributed by atoms with E-state index in [2.05, 4.69) is 25.3 Å². The largest absolute Gasteiger partial charge is 0.491 e. The van der Waals surface area contributed by atoms with E-state index in [1.165, 1.54) is 0 Å². The number of aliphatic hydroxyl groups excluding tert-OH is 1. The molecule has 1 heterocycles. The van der Waals surface area contributed by atoms with Gasteiger partial charge >= 0.3 is 0 Å². The molecule has 122 valence electrons. The first-order valence-electron chi connectivity index (χ1n) is 7.85. The van der Waals surface area contributed by atoms with Crippen molar-refractivity contribution in [2.24, 2.45) is 0 Å². The average molecular weight is 305 g/mol. The average Bonchev–Trinajstić information content (AvgIpc) is 2.49. The second kappa shape index (κ2) is 7.77. The van der Waals surface area contributed by atoms with Crippen molar-refractivity contribution in [3.05, 3.63) is 42.5 Å². The molecule has 2 rings (SSSR count). The van der Waals surface area contributed by atoms with Crippen LogP contribution >= 0.6 is 0 Å². The summed E-state index contributed by atoms with van der Waals surface area (Å²) in [6.07, 6.45) is 2.10. The summed E-state index contributed by atoms with van der Waals surface area (Å²) >= 11 is 0. The van der Waals surface area contributed by atoms with Crippen LogP contribution in [-0.2, 0) is 11.2 Å². The molecule has 0 radical (unpaired) electrons. The van der Waals surface area contributed by atoms with Crippen molar-refractivity contribution in [1.29, 1.82) is 0 Å². The summed E-state index contributed by atoms with van der Waals surface area (Å²) in [6.45, 7) is 11.2. The molecule has 22 heavy (non-hydrogen) atoms. The van der Waals surface area contributed by atoms with Gasteiger partial charge < -0.3 is 14.6 Å². The van der Waals surface area contributed by atoms with Crippen LogP contribution in [0.1, 0.15) is 19.4 Å². The monoisotopic (exact) mass is 305 g/mol. The number of nitrogens with zero attached hydrogens (tertiary/aromatic N) is 1. The summed E-state index contributed by atoms with van der Waals surface area (Å²) in [5, 5.41) is 10.3. The number of hydrogen-bond donors (Lipinski definition) is 1. The fourth-order valence-electron chi connectivity index (χ4n) is 2.69. The Hall–Kier alpha value is -1.36. The summed E-state index contributed by atoms with van der Waals surface area (Å²) in [6, 6.07) is 7.89. The van der Waals surface area contributed by atoms with Crippen LogP contribution in [-0.4, -0.2) is 54.6 Å². The summed E-state index contributed by atoms with van der Waals surface area (Å²) < 4.78 is 11.3. The number of ether oxygens (including phenoxy) is 2. The number of aliphatic hydroxyl groups is 1. The predicted octanol–water partition coefficient (Wildman–Crippen LogP) is 2.27. The summed E-state index contributed by atoms with van der Waals surface area (Å²) in [5.74, 6) is 0.822. The highest BCUT2D eigenvalue weighted by atomic mass is 16.5. The van der Waals surface area contributed by atoms with E-state index in [-0.39, 0.29) is 5.54 Å². The number of morpholine rings is 1. The molecule has 4 heteroatoms. The van der Waals surface area contributed by atoms with Gasteiger partial charge in [-0.3, -0.25) is 4.90 Å². The molecule has 1 fully saturated rings. The van der Waals surface area contributed by atoms with Gasteiger partial charge in [0, 0.05) is 18.6 Å². The van der Waals surface area contributed by atoms with Gasteiger partial charge in [-0.15, -0.1) is 6.58 Å². The Kier molecular flexibility index (Phi) is 6.00. The summed E-state index contributed by atoms with van der Waals surface area (Å²) in [7, 11) is 0. The Morgan fingerprint density at radius 2 is 2.23 bits per heavy atom. The van der Waals surface area contributed by atoms with Crippen molar-refractivity contribution in [2.45, 2.75) is 31.9 Å². The number of benzene rings is 1. The molecule has 1 unspecified atom stereocenters. The standard InChI is InChI=1S/C18H27NO3/c1-4-7-15-8-5-6-9-17(15)22-13-16(20)12-19-10-11-21-14-18(19,2)3/h4-6,8-9,16,20H,1,7,10-14H2,2-3H3. The number of allylic oxidation sites excluding steroid dienone is 1. The van der Waals surface area contributed by atoms with Crippen LogP contribution in [0.4, 0.5) is 0 Å². The van der Waals surface area contributed by atoms with E-state index in [4.69, 9.17) is 9.47 Å². The molecule has 0 bridgehead atoms. The molecule has 1 atom stereocenters. The van der Waals surface area contributed by atoms with E-state index in [1.54, 1.807) is 0 Å². The van der Waals surface area contributed by atoms with Crippen LogP contribution in [0.25, 0.3) is 0 Å². The molecule has 0 aliphatic carbocycles. The highest BCUT2D eigenvalue weighted by Gasteiger charge is 2.31. The lowest BCUT2D eigenvalue weighted by Gasteiger charge is -2.42. The maximum Gasteiger partial charge on any atom is 0.122 e. The van der Waals surface area contributed by atoms with Crippen LogP contribution < -0.4 is 4.74 Å². The number of β-amino-alcohol motifs (C(OH)–C–C–N with tert-alkyl or cyclic N) is 1. The third kappa shape index (κ3) is 4.57. The zero-order valence-corrected chi connectivity index (χ0v) is 13.6. The number of hydrogen-bond acceptors (Lipinski definition) is 4. The van der Waals surface area contributed by atoms with Gasteiger partial charge in [0.15, 0.2) is 0 Å². The van der Waals surface area contributed by atoms with Gasteiger partial charge in [-0.25, -0.2) is 0 Å². The zero-order valence-electron chi connectivity index (χ0n) is 13.6. The first-order chi connectivity index (χ1) is 10.5. The van der Waals surface area contributed by atoms with Crippen LogP contribution in [0.15, 0.2) is 36.9 Å². The lowest BCUT2D eigenvalue weighted by atomic mass is 10.0. The SMILES string of the molecule is C=CCc1ccccc1OCC(O)CN1CCOCC1(C)C. The molecule has 4 nitrogen and oxygen atoms in total. The molecule has 1 aliphatic heterocycles. The minimum atomic E-state index is -0.519. The van der Waals surface area contributed by atoms with Gasteiger partial charge in [-0.1, -0.05) is 24.3 Å². The molecule has 1 aromatic rings. The van der Waals surface area contributed by atoms with E-state index in [1.807, 2.05) is 30.3 Å². The van der Waals surface area contributed by atoms with E-state index in [9.17, 15) is 5.11 Å². The van der Waals surface area contributed by atoms with Crippen molar-refractivity contribution in [1.82, 2.24) is 4.90 Å². The summed E-state index contributed by atoms with van der Waals surface area (Å²) in [5.41, 5.74) is 1.05. The molecule has 1 N–H and O–H groups in total. The van der Waals surface area contributed by atoms with Crippen molar-refractivity contribution in [2.75, 3.05) is 32.9 Å². The van der Waals surface area contributed by atoms with Crippen molar-refractivity contribution in [3.8, 4) is 5.75 Å². The normalized spacial score (nSPS) is 19.6. The first kappa shape index (κ1) is 17.0. The Morgan fingerprint density at radius 1 is 1.45 bits per heavy atom. The predicted molar refractivity (Wildman–Crippen MR) is 88.3 cm³/mol. The molecule has 0 aromatic heterocycles. The minimum absolute atomic E-state index is 0.0417. The van der Waals surface area contributed by atoms with Crippen LogP contribution in [0.3, 0.4) is 0 Å². The van der Waals surface area contributed by atoms with E-state index < -0.39 is 6.10 Å². The van der Waals surface area contributed by atoms with E-state index in [0.717, 1.165) is 30.9 Å². The molecule has 1 aliphatic rings. The topological polar surface area (TPSA) is 41.9 Å². The lowest BCUT2D eigenvalue weighted by Crippen LogP contribution is -2.55. The van der Waals surface area contributed by atoms with Gasteiger partial charge in [0.05, 0.1) is 13.2 Å². The van der Waals surface area contributed by atoms with Crippen molar-refractivity contribution in [3.63, 3.8) is 0 Å². The fourth-order valence-corrected chi connectivity index (χ4v) is 2.69. The molecule has 0 amide bonds. The maximum atomic E-state index is 10.3. The Bertz CT molecular complexity index is 487. The number of para-hydroxylation sites is 1. The van der Waals surface area contributed by atoms with Crippen LogP contribution in [0.2, 0.25) is 0 Å². The van der Waals surface area contributed by atoms with Crippen molar-refractivity contribution < 1.29 is 14.6 Å². The van der Waals surface area contributed by atoms with Gasteiger partial charge in [-0.05, 0) is 31.9 Å². The van der Waals surface area contributed by atoms with E-state index in [0.29, 0.717) is 19.8 Å². The molecule has 0 spiro atoms. The zero-order chi connectivity index (χ0) is 16.0. The maximum absolute atomic E-state index is 10.3. The van der Waals surface area contributed by atoms with Gasteiger partial charge in [0.1, 0.15) is 18.5 Å². The van der Waals surface area contributed by atoms with Gasteiger partial charge in [0.25, 0.3) is 0 Å². The smallest absolute Gasteiger partial charge is 0.122 e. The lowest BCUT2D eigenvalue weighted by molar-refractivity contribution is -0.0703. The van der Waals surface area contributed by atoms with Crippen molar-refractivity contribution >= 4 is 0 Å². The Morgan fingerprint density at radius 3 is 2.95 bits per heavy atom. The molecule has 0 saturated carbocycles. The molecular weight excluding hydrogens is 278 g/mol. The first-order valence-corrected chi connectivity index (χ1v) is 7.85. The van der Waals surface area contributed by atoms with Crippen LogP contribution in [0, 0.1) is 0 Å². The molecule has 1 aromatic carbocycles. The second-order valence-corrected chi connectivity index (χ2v) is 6.38. The molecule has 1 saturated heterocycles. The Balaban J connectivity index is 1.87. The second-order valence-electron chi connectivity index (χ2n) is 6.38. The third-order valence-corrected chi connectivity index (χ3v) is 4.02. The van der Waals surface area contributed by atoms with Gasteiger partial charge in [-0.2, -0.15) is 0 Å². The highest BCUT2D eigenvalue weighted by molar-refractivity contribution is 5.34. The fraction of sp³-hybridized carbons (Fsp3) is 0.556. The van der Waals surface area contributed by atoms with E-state index >= 15 is 0 Å². The third-order valence-electron chi connectivity index (χ3n) is 4.02. The highest BCUT2D eigenvalue weighted by Crippen LogP contribution is 2.21. The minimum Gasteiger partial charge on any atom is -0.491 e. The molecular formula is C18H27NO3. The quantitative estimate of drug-likeness (QED) is 0.785. The van der Waals surface area contributed by atoms with Crippen LogP contribution in [0.5, 0.6) is 5.75 Å². The summed E-state index contributed by atoms with van der Waals surface area (Å²) in [4.78, 5) is 2.26. The number of rotatable bonds is 7. The van der Waals surface area contributed by atoms with Gasteiger partial charge in [0.2, 0.25) is 0 Å².